The van der Waals surface area contributed by atoms with E-state index in [1.165, 1.54) is 10.4 Å². The second-order valence-electron chi connectivity index (χ2n) is 7.94. The molecule has 0 radical (unpaired) electrons. The number of nitrogens with one attached hydrogen (secondary N) is 1. The summed E-state index contributed by atoms with van der Waals surface area (Å²) in [5.74, 6) is 1.12. The van der Waals surface area contributed by atoms with Crippen molar-refractivity contribution >= 4 is 34.8 Å². The van der Waals surface area contributed by atoms with Crippen LogP contribution in [0.4, 0.5) is 11.6 Å². The molecule has 8 nitrogen and oxygen atoms in total. The van der Waals surface area contributed by atoms with Crippen LogP contribution in [0.25, 0.3) is 0 Å². The van der Waals surface area contributed by atoms with Crippen LogP contribution < -0.4 is 16.0 Å². The maximum Gasteiger partial charge on any atom is 0.239 e. The highest BCUT2D eigenvalue weighted by Crippen LogP contribution is 2.24. The number of fused-ring (bicyclic) bond motifs is 1. The zero-order valence-corrected chi connectivity index (χ0v) is 18.1. The highest BCUT2D eigenvalue weighted by Gasteiger charge is 2.22. The quantitative estimate of drug-likeness (QED) is 0.714. The molecule has 0 saturated carbocycles. The van der Waals surface area contributed by atoms with E-state index < -0.39 is 0 Å². The van der Waals surface area contributed by atoms with Crippen LogP contribution in [0.1, 0.15) is 16.0 Å². The molecule has 0 bridgehead atoms. The molecular weight excluding hydrogens is 400 g/mol. The zero-order valence-electron chi connectivity index (χ0n) is 17.3. The Balaban J connectivity index is 1.34. The average molecular weight is 429 g/mol. The fourth-order valence-corrected chi connectivity index (χ4v) is 4.96. The third kappa shape index (κ3) is 4.97. The number of aromatic nitrogens is 1. The number of hydrogen-bond acceptors (Lipinski definition) is 7. The Bertz CT molecular complexity index is 922. The molecule has 1 fully saturated rings. The van der Waals surface area contributed by atoms with Crippen LogP contribution in [-0.2, 0) is 22.6 Å². The lowest BCUT2D eigenvalue weighted by molar-refractivity contribution is -0.119. The van der Waals surface area contributed by atoms with Crippen molar-refractivity contribution in [1.29, 1.82) is 0 Å². The summed E-state index contributed by atoms with van der Waals surface area (Å²) in [6, 6.07) is 6.00. The number of aryl methyl sites for hydroxylation is 1. The maximum atomic E-state index is 12.6. The number of nitrogens with zero attached hydrogens (tertiary/aromatic N) is 4. The molecule has 0 unspecified atom stereocenters. The summed E-state index contributed by atoms with van der Waals surface area (Å²) >= 11 is 1.80. The molecule has 4 rings (SSSR count). The van der Waals surface area contributed by atoms with Gasteiger partial charge in [0.25, 0.3) is 0 Å². The predicted octanol–water partition coefficient (Wildman–Crippen LogP) is 1.06. The summed E-state index contributed by atoms with van der Waals surface area (Å²) in [6.45, 7) is 7.49. The number of nitrogens with two attached hydrogens (primary N) is 1. The standard InChI is InChI=1S/C21H28N6O2S/c1-15-2-3-19(24-21(15)27-9-7-25(8-10-27)13-18(22)28)23-20(29)14-26-6-4-17-16(12-26)5-11-30-17/h2-3,5,11H,4,6-10,12-14H2,1H3,(H2,22,28)(H,23,24,29). The molecule has 0 aromatic carbocycles. The Labute approximate surface area is 180 Å². The summed E-state index contributed by atoms with van der Waals surface area (Å²) < 4.78 is 0. The van der Waals surface area contributed by atoms with Gasteiger partial charge in [-0.05, 0) is 42.0 Å². The summed E-state index contributed by atoms with van der Waals surface area (Å²) in [5, 5.41) is 5.09. The normalized spacial score (nSPS) is 17.6. The lowest BCUT2D eigenvalue weighted by Crippen LogP contribution is -2.49. The van der Waals surface area contributed by atoms with E-state index in [1.54, 1.807) is 11.3 Å². The first-order chi connectivity index (χ1) is 14.5. The van der Waals surface area contributed by atoms with Crippen LogP contribution >= 0.6 is 11.3 Å². The molecule has 0 spiro atoms. The largest absolute Gasteiger partial charge is 0.369 e. The van der Waals surface area contributed by atoms with Gasteiger partial charge < -0.3 is 16.0 Å². The number of carbonyl (C=O) groups is 2. The topological polar surface area (TPSA) is 94.8 Å². The smallest absolute Gasteiger partial charge is 0.239 e. The van der Waals surface area contributed by atoms with Crippen molar-refractivity contribution in [2.24, 2.45) is 5.73 Å². The van der Waals surface area contributed by atoms with Crippen LogP contribution in [0.2, 0.25) is 0 Å². The van der Waals surface area contributed by atoms with Crippen molar-refractivity contribution in [2.75, 3.05) is 56.0 Å². The van der Waals surface area contributed by atoms with E-state index in [-0.39, 0.29) is 11.8 Å². The minimum atomic E-state index is -0.300. The summed E-state index contributed by atoms with van der Waals surface area (Å²) in [4.78, 5) is 36.3. The highest BCUT2D eigenvalue weighted by atomic mass is 32.1. The number of primary amides is 1. The number of rotatable bonds is 6. The van der Waals surface area contributed by atoms with E-state index in [9.17, 15) is 9.59 Å². The second kappa shape index (κ2) is 9.11. The van der Waals surface area contributed by atoms with Gasteiger partial charge in [-0.25, -0.2) is 4.98 Å². The molecule has 0 aliphatic carbocycles. The molecule has 2 aliphatic heterocycles. The third-order valence-corrected chi connectivity index (χ3v) is 6.67. The van der Waals surface area contributed by atoms with E-state index in [0.717, 1.165) is 57.1 Å². The summed E-state index contributed by atoms with van der Waals surface area (Å²) in [6.07, 6.45) is 1.01. The zero-order chi connectivity index (χ0) is 21.1. The van der Waals surface area contributed by atoms with Crippen LogP contribution in [0.3, 0.4) is 0 Å². The number of piperazine rings is 1. The molecule has 160 valence electrons. The van der Waals surface area contributed by atoms with Gasteiger partial charge in [-0.1, -0.05) is 6.07 Å². The van der Waals surface area contributed by atoms with Crippen molar-refractivity contribution in [3.05, 3.63) is 39.6 Å². The van der Waals surface area contributed by atoms with Crippen LogP contribution in [0.15, 0.2) is 23.6 Å². The fraction of sp³-hybridized carbons (Fsp3) is 0.476. The SMILES string of the molecule is Cc1ccc(NC(=O)CN2CCc3sccc3C2)nc1N1CCN(CC(N)=O)CC1. The van der Waals surface area contributed by atoms with Gasteiger partial charge in [0.1, 0.15) is 11.6 Å². The molecule has 9 heteroatoms. The number of thiophene rings is 1. The number of hydrogen-bond donors (Lipinski definition) is 2. The third-order valence-electron chi connectivity index (χ3n) is 5.64. The number of carbonyl (C=O) groups excluding carboxylic acids is 2. The highest BCUT2D eigenvalue weighted by molar-refractivity contribution is 7.10. The number of amides is 2. The lowest BCUT2D eigenvalue weighted by atomic mass is 10.1. The van der Waals surface area contributed by atoms with E-state index in [2.05, 4.69) is 31.5 Å². The molecule has 1 saturated heterocycles. The molecule has 2 amide bonds. The fourth-order valence-electron chi connectivity index (χ4n) is 4.07. The summed E-state index contributed by atoms with van der Waals surface area (Å²) in [7, 11) is 0. The van der Waals surface area contributed by atoms with E-state index in [1.807, 2.05) is 19.1 Å². The Morgan fingerprint density at radius 2 is 1.90 bits per heavy atom. The van der Waals surface area contributed by atoms with E-state index >= 15 is 0 Å². The molecule has 0 atom stereocenters. The van der Waals surface area contributed by atoms with Crippen LogP contribution in [0.5, 0.6) is 0 Å². The lowest BCUT2D eigenvalue weighted by Gasteiger charge is -2.35. The predicted molar refractivity (Wildman–Crippen MR) is 119 cm³/mol. The maximum absolute atomic E-state index is 12.6. The molecule has 30 heavy (non-hydrogen) atoms. The van der Waals surface area contributed by atoms with Crippen molar-refractivity contribution in [3.63, 3.8) is 0 Å². The Morgan fingerprint density at radius 1 is 1.10 bits per heavy atom. The van der Waals surface area contributed by atoms with Crippen molar-refractivity contribution in [2.45, 2.75) is 19.9 Å². The first-order valence-electron chi connectivity index (χ1n) is 10.3. The van der Waals surface area contributed by atoms with Gasteiger partial charge in [0.15, 0.2) is 0 Å². The van der Waals surface area contributed by atoms with Crippen molar-refractivity contribution in [1.82, 2.24) is 14.8 Å². The van der Waals surface area contributed by atoms with E-state index in [0.29, 0.717) is 18.9 Å². The molecule has 4 heterocycles. The van der Waals surface area contributed by atoms with Crippen LogP contribution in [-0.4, -0.2) is 72.4 Å². The van der Waals surface area contributed by atoms with Gasteiger partial charge in [0.05, 0.1) is 13.1 Å². The van der Waals surface area contributed by atoms with Crippen molar-refractivity contribution in [3.8, 4) is 0 Å². The Kier molecular flexibility index (Phi) is 6.31. The number of pyridine rings is 1. The molecule has 2 aromatic rings. The minimum absolute atomic E-state index is 0.0396. The Morgan fingerprint density at radius 3 is 2.67 bits per heavy atom. The number of anilines is 2. The van der Waals surface area contributed by atoms with Gasteiger partial charge in [0, 0.05) is 44.1 Å². The Hall–Kier alpha value is -2.49. The molecular formula is C21H28N6O2S. The molecule has 2 aliphatic rings. The van der Waals surface area contributed by atoms with E-state index in [4.69, 9.17) is 10.7 Å². The molecule has 2 aromatic heterocycles. The van der Waals surface area contributed by atoms with Gasteiger partial charge in [0.2, 0.25) is 11.8 Å². The second-order valence-corrected chi connectivity index (χ2v) is 8.95. The van der Waals surface area contributed by atoms with Crippen LogP contribution in [0, 0.1) is 6.92 Å². The summed E-state index contributed by atoms with van der Waals surface area (Å²) in [5.41, 5.74) is 7.70. The molecule has 3 N–H and O–H groups in total. The van der Waals surface area contributed by atoms with Gasteiger partial charge >= 0.3 is 0 Å². The first kappa shape index (κ1) is 20.8. The van der Waals surface area contributed by atoms with Gasteiger partial charge in [-0.3, -0.25) is 19.4 Å². The minimum Gasteiger partial charge on any atom is -0.369 e. The van der Waals surface area contributed by atoms with Crippen molar-refractivity contribution < 1.29 is 9.59 Å². The monoisotopic (exact) mass is 428 g/mol. The van der Waals surface area contributed by atoms with Gasteiger partial charge in [-0.2, -0.15) is 0 Å². The first-order valence-corrected chi connectivity index (χ1v) is 11.2. The average Bonchev–Trinajstić information content (AvgIpc) is 3.17. The van der Waals surface area contributed by atoms with Gasteiger partial charge in [-0.15, -0.1) is 11.3 Å².